The second kappa shape index (κ2) is 5.34. The second-order valence-electron chi connectivity index (χ2n) is 4.98. The summed E-state index contributed by atoms with van der Waals surface area (Å²) < 4.78 is 36.7. The Labute approximate surface area is 104 Å². The zero-order chi connectivity index (χ0) is 13.2. The topological polar surface area (TPSA) is 35.6 Å². The summed E-state index contributed by atoms with van der Waals surface area (Å²) in [6, 6.07) is -0.474. The first-order chi connectivity index (χ1) is 8.46. The molecule has 2 aliphatic heterocycles. The van der Waals surface area contributed by atoms with Crippen molar-refractivity contribution in [1.82, 2.24) is 15.1 Å². The average molecular weight is 265 g/mol. The van der Waals surface area contributed by atoms with Crippen LogP contribution in [0.1, 0.15) is 12.8 Å². The minimum Gasteiger partial charge on any atom is -0.323 e. The normalized spacial score (nSPS) is 25.9. The van der Waals surface area contributed by atoms with Crippen molar-refractivity contribution >= 4 is 6.03 Å². The average Bonchev–Trinajstić information content (AvgIpc) is 2.61. The predicted molar refractivity (Wildman–Crippen MR) is 60.2 cm³/mol. The summed E-state index contributed by atoms with van der Waals surface area (Å²) in [4.78, 5) is 14.2. The fourth-order valence-corrected chi connectivity index (χ4v) is 2.56. The molecule has 0 radical (unpaired) electrons. The zero-order valence-corrected chi connectivity index (χ0v) is 10.2. The van der Waals surface area contributed by atoms with E-state index in [1.807, 2.05) is 0 Å². The van der Waals surface area contributed by atoms with Crippen molar-refractivity contribution in [3.8, 4) is 0 Å². The number of nitrogens with zero attached hydrogens (tertiary/aromatic N) is 2. The molecule has 0 bridgehead atoms. The third-order valence-electron chi connectivity index (χ3n) is 3.43. The Hall–Kier alpha value is -0.980. The van der Waals surface area contributed by atoms with Crippen LogP contribution in [0.15, 0.2) is 0 Å². The number of piperidine rings is 1. The Balaban J connectivity index is 1.83. The summed E-state index contributed by atoms with van der Waals surface area (Å²) in [6.45, 7) is 1.86. The van der Waals surface area contributed by atoms with Gasteiger partial charge < -0.3 is 15.1 Å². The van der Waals surface area contributed by atoms with Crippen LogP contribution in [0.25, 0.3) is 0 Å². The second-order valence-corrected chi connectivity index (χ2v) is 4.98. The van der Waals surface area contributed by atoms with E-state index in [1.165, 1.54) is 0 Å². The van der Waals surface area contributed by atoms with Crippen LogP contribution in [0, 0.1) is 5.92 Å². The van der Waals surface area contributed by atoms with Crippen molar-refractivity contribution in [3.63, 3.8) is 0 Å². The van der Waals surface area contributed by atoms with Gasteiger partial charge in [-0.25, -0.2) is 4.79 Å². The van der Waals surface area contributed by atoms with Crippen LogP contribution in [-0.4, -0.2) is 61.3 Å². The van der Waals surface area contributed by atoms with Crippen LogP contribution in [0.4, 0.5) is 18.0 Å². The summed E-state index contributed by atoms with van der Waals surface area (Å²) >= 11 is 0. The molecule has 0 aromatic heterocycles. The molecule has 18 heavy (non-hydrogen) atoms. The number of rotatable bonds is 3. The van der Waals surface area contributed by atoms with Crippen LogP contribution in [0.5, 0.6) is 0 Å². The van der Waals surface area contributed by atoms with Gasteiger partial charge in [-0.1, -0.05) is 0 Å². The first-order valence-electron chi connectivity index (χ1n) is 6.27. The Morgan fingerprint density at radius 1 is 1.28 bits per heavy atom. The Morgan fingerprint density at radius 2 is 2.00 bits per heavy atom. The number of carbonyl (C=O) groups excluding carboxylic acids is 1. The molecule has 2 aliphatic rings. The van der Waals surface area contributed by atoms with E-state index in [-0.39, 0.29) is 6.54 Å². The van der Waals surface area contributed by atoms with Crippen LogP contribution in [0.3, 0.4) is 0 Å². The summed E-state index contributed by atoms with van der Waals surface area (Å²) in [5.74, 6) is 0.369. The molecule has 2 fully saturated rings. The highest BCUT2D eigenvalue weighted by molar-refractivity contribution is 5.76. The Morgan fingerprint density at radius 3 is 2.61 bits per heavy atom. The monoisotopic (exact) mass is 265 g/mol. The summed E-state index contributed by atoms with van der Waals surface area (Å²) in [5, 5.41) is 3.24. The van der Waals surface area contributed by atoms with E-state index in [9.17, 15) is 18.0 Å². The Kier molecular flexibility index (Phi) is 3.99. The molecule has 2 saturated heterocycles. The molecule has 104 valence electrons. The van der Waals surface area contributed by atoms with Crippen LogP contribution in [-0.2, 0) is 0 Å². The lowest BCUT2D eigenvalue weighted by atomic mass is 9.99. The van der Waals surface area contributed by atoms with Crippen molar-refractivity contribution in [3.05, 3.63) is 0 Å². The SMILES string of the molecule is O=C1N(CC2CCCNC2)CCN1CC(F)(F)F. The minimum atomic E-state index is -4.31. The lowest BCUT2D eigenvalue weighted by Gasteiger charge is -2.27. The molecular formula is C11H18F3N3O. The molecule has 1 N–H and O–H groups in total. The molecule has 0 spiro atoms. The molecule has 7 heteroatoms. The fourth-order valence-electron chi connectivity index (χ4n) is 2.56. The van der Waals surface area contributed by atoms with E-state index in [0.29, 0.717) is 19.0 Å². The molecule has 1 atom stereocenters. The van der Waals surface area contributed by atoms with E-state index in [2.05, 4.69) is 5.32 Å². The third-order valence-corrected chi connectivity index (χ3v) is 3.43. The molecule has 2 rings (SSSR count). The minimum absolute atomic E-state index is 0.179. The molecular weight excluding hydrogens is 247 g/mol. The van der Waals surface area contributed by atoms with Crippen LogP contribution < -0.4 is 5.32 Å². The summed E-state index contributed by atoms with van der Waals surface area (Å²) in [7, 11) is 0. The van der Waals surface area contributed by atoms with Gasteiger partial charge in [-0.3, -0.25) is 0 Å². The number of hydrogen-bond donors (Lipinski definition) is 1. The lowest BCUT2D eigenvalue weighted by Crippen LogP contribution is -2.42. The number of alkyl halides is 3. The van der Waals surface area contributed by atoms with Gasteiger partial charge in [-0.2, -0.15) is 13.2 Å². The number of halogens is 3. The number of amides is 2. The van der Waals surface area contributed by atoms with Gasteiger partial charge >= 0.3 is 12.2 Å². The maximum atomic E-state index is 12.2. The zero-order valence-electron chi connectivity index (χ0n) is 10.2. The molecule has 0 aromatic carbocycles. The number of carbonyl (C=O) groups is 1. The maximum absolute atomic E-state index is 12.2. The van der Waals surface area contributed by atoms with Gasteiger partial charge in [0.1, 0.15) is 6.54 Å². The molecule has 2 heterocycles. The van der Waals surface area contributed by atoms with Gasteiger partial charge in [0.2, 0.25) is 0 Å². The van der Waals surface area contributed by atoms with Gasteiger partial charge in [0.15, 0.2) is 0 Å². The van der Waals surface area contributed by atoms with E-state index < -0.39 is 18.8 Å². The molecule has 0 saturated carbocycles. The quantitative estimate of drug-likeness (QED) is 0.834. The largest absolute Gasteiger partial charge is 0.406 e. The van der Waals surface area contributed by atoms with E-state index in [1.54, 1.807) is 4.90 Å². The summed E-state index contributed by atoms with van der Waals surface area (Å²) in [6.07, 6.45) is -2.20. The van der Waals surface area contributed by atoms with Crippen molar-refractivity contribution in [2.45, 2.75) is 19.0 Å². The van der Waals surface area contributed by atoms with Crippen LogP contribution >= 0.6 is 0 Å². The van der Waals surface area contributed by atoms with Gasteiger partial charge in [-0.05, 0) is 31.8 Å². The molecule has 0 aliphatic carbocycles. The predicted octanol–water partition coefficient (Wildman–Crippen LogP) is 1.29. The van der Waals surface area contributed by atoms with Gasteiger partial charge in [0.05, 0.1) is 0 Å². The van der Waals surface area contributed by atoms with Crippen molar-refractivity contribution in [2.75, 3.05) is 39.3 Å². The van der Waals surface area contributed by atoms with Crippen molar-refractivity contribution in [1.29, 1.82) is 0 Å². The first-order valence-corrected chi connectivity index (χ1v) is 6.27. The van der Waals surface area contributed by atoms with Crippen LogP contribution in [0.2, 0.25) is 0 Å². The standard InChI is InChI=1S/C11H18F3N3O/c12-11(13,14)8-17-5-4-16(10(17)18)7-9-2-1-3-15-6-9/h9,15H,1-8H2. The number of urea groups is 1. The van der Waals surface area contributed by atoms with Gasteiger partial charge in [-0.15, -0.1) is 0 Å². The Bertz CT molecular complexity index is 302. The molecule has 2 amide bonds. The van der Waals surface area contributed by atoms with Crippen molar-refractivity contribution < 1.29 is 18.0 Å². The highest BCUT2D eigenvalue weighted by atomic mass is 19.4. The van der Waals surface area contributed by atoms with Crippen molar-refractivity contribution in [2.24, 2.45) is 5.92 Å². The molecule has 4 nitrogen and oxygen atoms in total. The highest BCUT2D eigenvalue weighted by Crippen LogP contribution is 2.21. The van der Waals surface area contributed by atoms with Gasteiger partial charge in [0, 0.05) is 19.6 Å². The van der Waals surface area contributed by atoms with E-state index in [0.717, 1.165) is 30.8 Å². The van der Waals surface area contributed by atoms with E-state index in [4.69, 9.17) is 0 Å². The molecule has 1 unspecified atom stereocenters. The highest BCUT2D eigenvalue weighted by Gasteiger charge is 2.38. The fraction of sp³-hybridized carbons (Fsp3) is 0.909. The third kappa shape index (κ3) is 3.51. The summed E-state index contributed by atoms with van der Waals surface area (Å²) in [5.41, 5.74) is 0. The van der Waals surface area contributed by atoms with E-state index >= 15 is 0 Å². The lowest BCUT2D eigenvalue weighted by molar-refractivity contribution is -0.138. The maximum Gasteiger partial charge on any atom is 0.406 e. The smallest absolute Gasteiger partial charge is 0.323 e. The molecule has 0 aromatic rings. The number of nitrogens with one attached hydrogen (secondary N) is 1. The number of hydrogen-bond acceptors (Lipinski definition) is 2. The van der Waals surface area contributed by atoms with Gasteiger partial charge in [0.25, 0.3) is 0 Å². The first kappa shape index (κ1) is 13.5.